The van der Waals surface area contributed by atoms with Crippen LogP contribution in [0.2, 0.25) is 0 Å². The number of phosphoric acid groups is 3. The van der Waals surface area contributed by atoms with E-state index < -0.39 is 86.0 Å². The van der Waals surface area contributed by atoms with Gasteiger partial charge in [-0.3, -0.25) is 23.4 Å². The van der Waals surface area contributed by atoms with Gasteiger partial charge in [0, 0.05) is 66.5 Å². The van der Waals surface area contributed by atoms with Crippen LogP contribution in [0.15, 0.2) is 93.3 Å². The minimum Gasteiger partial charge on any atom is -0.606 e. The highest BCUT2D eigenvalue weighted by Gasteiger charge is 2.49. The second-order valence-electron chi connectivity index (χ2n) is 18.6. The van der Waals surface area contributed by atoms with Gasteiger partial charge in [-0.1, -0.05) is 52.5 Å². The molecule has 414 valence electrons. The fourth-order valence-electron chi connectivity index (χ4n) is 8.96. The molecule has 1 amide bonds. The van der Waals surface area contributed by atoms with Gasteiger partial charge in [-0.15, -0.1) is 0 Å². The number of fused-ring (bicyclic) bond motifs is 2. The first-order valence-corrected chi connectivity index (χ1v) is 30.5. The first-order valence-electron chi connectivity index (χ1n) is 23.1. The number of allylic oxidation sites excluding steroid dienone is 6. The molecule has 3 aliphatic rings. The van der Waals surface area contributed by atoms with Gasteiger partial charge in [0.25, 0.3) is 20.2 Å². The van der Waals surface area contributed by atoms with Gasteiger partial charge in [-0.05, 0) is 75.6 Å². The summed E-state index contributed by atoms with van der Waals surface area (Å²) >= 11 is 0. The van der Waals surface area contributed by atoms with E-state index in [9.17, 15) is 64.8 Å². The zero-order valence-electron chi connectivity index (χ0n) is 41.5. The minimum atomic E-state index is -5.80. The summed E-state index contributed by atoms with van der Waals surface area (Å²) in [7, 11) is -25.9. The number of hydrogen-bond donors (Lipinski definition) is 9. The largest absolute Gasteiger partial charge is 0.606 e. The number of carbonyl (C=O) groups excluding carboxylic acids is 1. The number of nitrogens with two attached hydrogens (primary N) is 1. The van der Waals surface area contributed by atoms with E-state index in [0.717, 1.165) is 32.9 Å². The first kappa shape index (κ1) is 60.5. The number of aliphatic hydroxyl groups is 1. The van der Waals surface area contributed by atoms with Crippen molar-refractivity contribution < 1.29 is 92.2 Å². The smallest absolute Gasteiger partial charge is 0.549 e. The fourth-order valence-corrected chi connectivity index (χ4v) is 13.0. The van der Waals surface area contributed by atoms with Crippen LogP contribution in [0.5, 0.6) is 0 Å². The highest BCUT2D eigenvalue weighted by Crippen LogP contribution is 2.69. The number of ether oxygens (including phenoxy) is 1. The molecular weight excluding hydrogens is 1100 g/mol. The third-order valence-electron chi connectivity index (χ3n) is 12.6. The molecule has 4 heterocycles. The van der Waals surface area contributed by atoms with Gasteiger partial charge in [-0.25, -0.2) is 9.36 Å². The van der Waals surface area contributed by atoms with Crippen molar-refractivity contribution in [3.8, 4) is 11.8 Å². The van der Waals surface area contributed by atoms with Crippen molar-refractivity contribution in [2.24, 2.45) is 0 Å². The highest BCUT2D eigenvalue weighted by atomic mass is 32.2. The number of likely N-dealkylation sites (N-methyl/N-ethyl adjacent to an activating group) is 1. The van der Waals surface area contributed by atoms with Crippen LogP contribution >= 0.6 is 24.2 Å². The number of phosphoric ester groups is 1. The molecule has 1 aromatic heterocycles. The molecule has 0 saturated carbocycles. The lowest BCUT2D eigenvalue weighted by atomic mass is 9.81. The number of amides is 1. The Hall–Kier alpha value is -4.69. The summed E-state index contributed by atoms with van der Waals surface area (Å²) in [6, 6.07) is 9.01. The lowest BCUT2D eigenvalue weighted by Gasteiger charge is -2.25. The zero-order valence-corrected chi connectivity index (χ0v) is 45.8. The average Bonchev–Trinajstić information content (AvgIpc) is 3.84. The molecule has 3 aliphatic heterocycles. The Morgan fingerprint density at radius 3 is 2.30 bits per heavy atom. The lowest BCUT2D eigenvalue weighted by Crippen LogP contribution is -2.30. The Morgan fingerprint density at radius 1 is 1.00 bits per heavy atom. The third kappa shape index (κ3) is 14.7. The number of aliphatic hydroxyl groups excluding tert-OH is 1. The molecule has 5 atom stereocenters. The van der Waals surface area contributed by atoms with E-state index in [-0.39, 0.29) is 46.5 Å². The summed E-state index contributed by atoms with van der Waals surface area (Å²) in [6.07, 6.45) is 8.09. The summed E-state index contributed by atoms with van der Waals surface area (Å²) in [5.74, 6) is 4.85. The van der Waals surface area contributed by atoms with Crippen LogP contribution in [0.3, 0.4) is 0 Å². The van der Waals surface area contributed by atoms with Crippen LogP contribution < -0.4 is 31.4 Å². The molecule has 0 spiro atoms. The van der Waals surface area contributed by atoms with E-state index >= 15 is 0 Å². The average molecular weight is 1160 g/mol. The number of nitrogens with one attached hydrogen (secondary N) is 1. The van der Waals surface area contributed by atoms with Crippen molar-refractivity contribution in [2.45, 2.75) is 106 Å². The Kier molecular flexibility index (Phi) is 18.6. The number of rotatable bonds is 21. The summed E-state index contributed by atoms with van der Waals surface area (Å²) in [5.41, 5.74) is 8.51. The van der Waals surface area contributed by atoms with Gasteiger partial charge in [0.1, 0.15) is 31.3 Å². The third-order valence-corrected chi connectivity index (χ3v) is 18.1. The maximum atomic E-state index is 12.8. The molecule has 1 saturated heterocycles. The van der Waals surface area contributed by atoms with Crippen molar-refractivity contribution in [2.75, 3.05) is 36.9 Å². The molecule has 2 unspecified atom stereocenters. The predicted molar refractivity (Wildman–Crippen MR) is 272 cm³/mol. The number of aromatic nitrogens is 2. The summed E-state index contributed by atoms with van der Waals surface area (Å²) in [5, 5.41) is 13.2. The molecule has 76 heavy (non-hydrogen) atoms. The molecular formula is C45H58N6O20P3S2+. The van der Waals surface area contributed by atoms with Crippen LogP contribution in [0.1, 0.15) is 89.6 Å². The quantitative estimate of drug-likeness (QED) is 0.0184. The normalized spacial score (nSPS) is 21.4. The number of benzene rings is 2. The van der Waals surface area contributed by atoms with Crippen molar-refractivity contribution in [3.05, 3.63) is 106 Å². The Labute approximate surface area is 438 Å². The van der Waals surface area contributed by atoms with Crippen LogP contribution in [0.25, 0.3) is 0 Å². The predicted octanol–water partition coefficient (Wildman–Crippen LogP) is 2.09. The fraction of sp³-hybridized carbons (Fsp3) is 0.422. The second-order valence-corrected chi connectivity index (χ2v) is 25.8. The zero-order chi connectivity index (χ0) is 56.4. The molecule has 0 radical (unpaired) electrons. The number of unbranched alkanes of at least 4 members (excludes halogenated alkanes) is 2. The van der Waals surface area contributed by atoms with E-state index in [0.29, 0.717) is 37.9 Å². The van der Waals surface area contributed by atoms with Crippen molar-refractivity contribution >= 4 is 73.2 Å². The monoisotopic (exact) mass is 1160 g/mol. The van der Waals surface area contributed by atoms with Gasteiger partial charge >= 0.3 is 29.9 Å². The molecule has 1 fully saturated rings. The highest BCUT2D eigenvalue weighted by molar-refractivity contribution is 7.86. The number of hydrogen-bond acceptors (Lipinski definition) is 20. The molecule has 3 aromatic rings. The lowest BCUT2D eigenvalue weighted by molar-refractivity contribution is -0.438. The van der Waals surface area contributed by atoms with Crippen molar-refractivity contribution in [3.63, 3.8) is 0 Å². The molecule has 2 aromatic carbocycles. The van der Waals surface area contributed by atoms with Gasteiger partial charge in [-0.2, -0.15) is 45.6 Å². The molecule has 26 nitrogen and oxygen atoms in total. The molecule has 0 bridgehead atoms. The van der Waals surface area contributed by atoms with E-state index in [1.54, 1.807) is 12.1 Å². The SMILES string of the molecule is CCN1C(=CC=CC=CC2=[N+](CCCCCC(=O)NCC#Cc3cn([C@H]4C[C@H](O)[C@@H](CO[P+]([O-])(O)OP(=O)(O)O[P+]([O-])(O)O)O4)c(=O)nc3N)c3ccc(S(=O)(=O)O)cc3C2(C)C)C(C)(C)c2cc(S(=O)(=O)O)ccc21. The summed E-state index contributed by atoms with van der Waals surface area (Å²) in [6.45, 7) is 9.82. The number of carbonyl (C=O) groups is 1. The van der Waals surface area contributed by atoms with Crippen molar-refractivity contribution in [1.82, 2.24) is 14.9 Å². The van der Waals surface area contributed by atoms with E-state index in [1.807, 2.05) is 65.0 Å². The standard InChI is InChI=1S/C45H57N6O20P3S2/c1-6-49-34-20-18-30(75(62,63)64)24-32(34)44(2,3)38(49)15-9-7-10-16-39-45(4,5)33-25-31(76(65,66)67)19-21-35(33)50(39)23-12-8-11-17-40(53)47-22-13-14-29-27-51(43(54)48-42(29)46)41-26-36(52)37(69-41)28-68-73(58,59)71-74(60,61)70-72(55,56)57/h7,9-10,15-16,18-21,24-25,27,36-37,41,52H,6,8,11-12,17,22-23,26,28H2,1-5H3,(H8-,46,47,48,53,54,55,56,57,58,59,60,61,62,63,64,65,66,67)/p+1/t36-,37+,41+/m0/s1. The Balaban J connectivity index is 1.05. The van der Waals surface area contributed by atoms with E-state index in [1.165, 1.54) is 30.5 Å². The number of nitrogens with zero attached hydrogens (tertiary/aromatic N) is 4. The van der Waals surface area contributed by atoms with Gasteiger partial charge in [0.2, 0.25) is 11.6 Å². The molecule has 0 aliphatic carbocycles. The van der Waals surface area contributed by atoms with Gasteiger partial charge in [0.15, 0.2) is 5.71 Å². The number of nitrogen functional groups attached to an aromatic ring is 1. The van der Waals surface area contributed by atoms with Crippen LogP contribution in [0, 0.1) is 11.8 Å². The summed E-state index contributed by atoms with van der Waals surface area (Å²) < 4.78 is 99.8. The van der Waals surface area contributed by atoms with Gasteiger partial charge < -0.3 is 35.6 Å². The van der Waals surface area contributed by atoms with E-state index in [4.69, 9.17) is 20.3 Å². The molecule has 10 N–H and O–H groups in total. The van der Waals surface area contributed by atoms with Gasteiger partial charge in [0.05, 0.1) is 33.4 Å². The Bertz CT molecular complexity index is 3270. The molecule has 6 rings (SSSR count). The maximum Gasteiger partial charge on any atom is 0.549 e. The Morgan fingerprint density at radius 2 is 1.66 bits per heavy atom. The van der Waals surface area contributed by atoms with Crippen LogP contribution in [0.4, 0.5) is 17.2 Å². The maximum absolute atomic E-state index is 12.8. The topological polar surface area (TPSA) is 406 Å². The van der Waals surface area contributed by atoms with Crippen LogP contribution in [-0.2, 0) is 58.3 Å². The molecule has 31 heteroatoms. The van der Waals surface area contributed by atoms with E-state index in [2.05, 4.69) is 44.8 Å². The minimum absolute atomic E-state index is 0.0350. The first-order chi connectivity index (χ1) is 35.1. The summed E-state index contributed by atoms with van der Waals surface area (Å²) in [4.78, 5) is 90.3. The second kappa shape index (κ2) is 23.3. The number of anilines is 2. The van der Waals surface area contributed by atoms with Crippen molar-refractivity contribution in [1.29, 1.82) is 0 Å². The van der Waals surface area contributed by atoms with Crippen LogP contribution in [-0.4, -0.2) is 115 Å².